The normalized spacial score (nSPS) is 9.30. The lowest BCUT2D eigenvalue weighted by molar-refractivity contribution is 1.01. The van der Waals surface area contributed by atoms with Gasteiger partial charge in [0.25, 0.3) is 0 Å². The van der Waals surface area contributed by atoms with E-state index in [1.54, 1.807) is 16.5 Å². The Hall–Kier alpha value is -0.590. The molecule has 0 radical (unpaired) electrons. The Labute approximate surface area is 67.9 Å². The number of aromatic nitrogens is 2. The number of hydrazine groups is 1. The van der Waals surface area contributed by atoms with Crippen molar-refractivity contribution in [1.29, 1.82) is 0 Å². The van der Waals surface area contributed by atoms with E-state index in [2.05, 4.69) is 10.5 Å². The van der Waals surface area contributed by atoms with E-state index >= 15 is 0 Å². The van der Waals surface area contributed by atoms with E-state index in [1.807, 2.05) is 6.07 Å². The quantitative estimate of drug-likeness (QED) is 0.360. The van der Waals surface area contributed by atoms with Crippen LogP contribution in [0.4, 0.5) is 0 Å². The molecule has 0 unspecified atom stereocenters. The van der Waals surface area contributed by atoms with Gasteiger partial charge in [-0.15, -0.1) is 0 Å². The van der Waals surface area contributed by atoms with E-state index in [1.165, 1.54) is 11.9 Å². The number of thiocarbonyl (C=S) groups is 1. The van der Waals surface area contributed by atoms with Crippen LogP contribution in [0.25, 0.3) is 0 Å². The molecule has 0 saturated carbocycles. The van der Waals surface area contributed by atoms with Gasteiger partial charge in [-0.2, -0.15) is 5.10 Å². The highest BCUT2D eigenvalue weighted by Crippen LogP contribution is 2.02. The molecule has 0 aromatic carbocycles. The topological polar surface area (TPSA) is 55.9 Å². The van der Waals surface area contributed by atoms with Crippen LogP contribution in [-0.2, 0) is 0 Å². The Morgan fingerprint density at radius 1 is 1.80 bits per heavy atom. The van der Waals surface area contributed by atoms with Crippen LogP contribution in [-0.4, -0.2) is 13.5 Å². The molecule has 1 rings (SSSR count). The summed E-state index contributed by atoms with van der Waals surface area (Å²) >= 11 is 6.02. The van der Waals surface area contributed by atoms with Crippen LogP contribution in [0, 0.1) is 0 Å². The molecule has 3 N–H and O–H groups in total. The van der Waals surface area contributed by atoms with E-state index in [0.29, 0.717) is 4.32 Å². The maximum absolute atomic E-state index is 5.04. The fourth-order valence-corrected chi connectivity index (χ4v) is 1.10. The van der Waals surface area contributed by atoms with E-state index in [0.717, 1.165) is 0 Å². The van der Waals surface area contributed by atoms with Crippen molar-refractivity contribution >= 4 is 28.5 Å². The van der Waals surface area contributed by atoms with Crippen LogP contribution in [0.1, 0.15) is 0 Å². The minimum absolute atomic E-state index is 0.490. The molecule has 6 heteroatoms. The molecule has 0 aliphatic rings. The van der Waals surface area contributed by atoms with E-state index in [-0.39, 0.29) is 0 Å². The highest BCUT2D eigenvalue weighted by molar-refractivity contribution is 8.21. The third-order valence-corrected chi connectivity index (χ3v) is 1.80. The molecule has 1 heterocycles. The summed E-state index contributed by atoms with van der Waals surface area (Å²) in [6.07, 6.45) is 3.46. The zero-order valence-corrected chi connectivity index (χ0v) is 6.65. The standard InChI is InChI=1S/C4H6N4S2/c5-7-4(9)10-8-3-1-2-6-8/h1-3H,5H2,(H,7,9). The Morgan fingerprint density at radius 2 is 2.60 bits per heavy atom. The Morgan fingerprint density at radius 3 is 3.10 bits per heavy atom. The van der Waals surface area contributed by atoms with Crippen molar-refractivity contribution in [2.45, 2.75) is 0 Å². The molecular weight excluding hydrogens is 168 g/mol. The van der Waals surface area contributed by atoms with Crippen molar-refractivity contribution in [3.63, 3.8) is 0 Å². The molecule has 1 aromatic rings. The van der Waals surface area contributed by atoms with Gasteiger partial charge in [0.1, 0.15) is 0 Å². The smallest absolute Gasteiger partial charge is 0.170 e. The van der Waals surface area contributed by atoms with E-state index < -0.39 is 0 Å². The third-order valence-electron chi connectivity index (χ3n) is 0.774. The minimum Gasteiger partial charge on any atom is -0.308 e. The first kappa shape index (κ1) is 7.52. The van der Waals surface area contributed by atoms with Gasteiger partial charge in [0, 0.05) is 24.3 Å². The van der Waals surface area contributed by atoms with Crippen molar-refractivity contribution in [2.75, 3.05) is 0 Å². The summed E-state index contributed by atoms with van der Waals surface area (Å²) in [7, 11) is 0. The van der Waals surface area contributed by atoms with Gasteiger partial charge in [0.2, 0.25) is 0 Å². The van der Waals surface area contributed by atoms with E-state index in [9.17, 15) is 0 Å². The number of hydrogen-bond acceptors (Lipinski definition) is 4. The second-order valence-corrected chi connectivity index (χ2v) is 3.06. The number of rotatable bonds is 1. The van der Waals surface area contributed by atoms with Gasteiger partial charge in [0.05, 0.1) is 0 Å². The SMILES string of the molecule is NNC(=S)Sn1cccn1. The molecule has 0 saturated heterocycles. The first-order valence-electron chi connectivity index (χ1n) is 2.51. The summed E-state index contributed by atoms with van der Waals surface area (Å²) in [5.74, 6) is 5.04. The van der Waals surface area contributed by atoms with Crippen molar-refractivity contribution < 1.29 is 0 Å². The lowest BCUT2D eigenvalue weighted by atomic mass is 10.8. The van der Waals surface area contributed by atoms with Crippen molar-refractivity contribution in [3.05, 3.63) is 18.5 Å². The van der Waals surface area contributed by atoms with Crippen LogP contribution in [0.5, 0.6) is 0 Å². The van der Waals surface area contributed by atoms with Crippen LogP contribution < -0.4 is 11.3 Å². The van der Waals surface area contributed by atoms with Gasteiger partial charge in [-0.1, -0.05) is 0 Å². The zero-order valence-electron chi connectivity index (χ0n) is 5.02. The van der Waals surface area contributed by atoms with Crippen molar-refractivity contribution in [1.82, 2.24) is 14.6 Å². The van der Waals surface area contributed by atoms with Crippen LogP contribution in [0.15, 0.2) is 18.5 Å². The fraction of sp³-hybridized carbons (Fsp3) is 0. The number of nitrogens with zero attached hydrogens (tertiary/aromatic N) is 2. The van der Waals surface area contributed by atoms with Gasteiger partial charge in [-0.05, 0) is 18.3 Å². The second-order valence-electron chi connectivity index (χ2n) is 1.43. The Kier molecular flexibility index (Phi) is 2.67. The maximum atomic E-state index is 5.04. The summed E-state index contributed by atoms with van der Waals surface area (Å²) in [6.45, 7) is 0. The monoisotopic (exact) mass is 174 g/mol. The molecule has 1 aromatic heterocycles. The molecule has 54 valence electrons. The highest BCUT2D eigenvalue weighted by Gasteiger charge is 1.94. The lowest BCUT2D eigenvalue weighted by Crippen LogP contribution is -2.26. The number of nitrogens with two attached hydrogens (primary N) is 1. The third kappa shape index (κ3) is 1.98. The summed E-state index contributed by atoms with van der Waals surface area (Å²) in [5.41, 5.74) is 2.34. The van der Waals surface area contributed by atoms with Crippen molar-refractivity contribution in [3.8, 4) is 0 Å². The van der Waals surface area contributed by atoms with Gasteiger partial charge >= 0.3 is 0 Å². The van der Waals surface area contributed by atoms with Crippen molar-refractivity contribution in [2.24, 2.45) is 5.84 Å². The first-order chi connectivity index (χ1) is 4.83. The van der Waals surface area contributed by atoms with Gasteiger partial charge in [-0.25, -0.2) is 9.93 Å². The summed E-state index contributed by atoms with van der Waals surface area (Å²) in [6, 6.07) is 1.81. The summed E-state index contributed by atoms with van der Waals surface area (Å²) in [4.78, 5) is 0. The molecule has 0 amide bonds. The molecule has 0 aliphatic carbocycles. The molecule has 0 aliphatic heterocycles. The summed E-state index contributed by atoms with van der Waals surface area (Å²) < 4.78 is 2.10. The van der Waals surface area contributed by atoms with Gasteiger partial charge < -0.3 is 5.43 Å². The van der Waals surface area contributed by atoms with Gasteiger partial charge in [-0.3, -0.25) is 0 Å². The van der Waals surface area contributed by atoms with Gasteiger partial charge in [0.15, 0.2) is 4.32 Å². The predicted octanol–water partition coefficient (Wildman–Crippen LogP) is 0.128. The molecular formula is C4H6N4S2. The zero-order chi connectivity index (χ0) is 7.40. The predicted molar refractivity (Wildman–Crippen MR) is 45.1 cm³/mol. The Balaban J connectivity index is 2.48. The lowest BCUT2D eigenvalue weighted by Gasteiger charge is -1.98. The number of hydrogen-bond donors (Lipinski definition) is 2. The molecule has 0 fully saturated rings. The van der Waals surface area contributed by atoms with Crippen LogP contribution >= 0.6 is 24.2 Å². The minimum atomic E-state index is 0.490. The maximum Gasteiger partial charge on any atom is 0.170 e. The molecule has 0 bridgehead atoms. The Bertz CT molecular complexity index is 207. The summed E-state index contributed by atoms with van der Waals surface area (Å²) in [5, 5.41) is 3.90. The van der Waals surface area contributed by atoms with Crippen LogP contribution in [0.3, 0.4) is 0 Å². The largest absolute Gasteiger partial charge is 0.308 e. The van der Waals surface area contributed by atoms with Crippen LogP contribution in [0.2, 0.25) is 0 Å². The molecule has 4 nitrogen and oxygen atoms in total. The highest BCUT2D eigenvalue weighted by atomic mass is 32.2. The fourth-order valence-electron chi connectivity index (χ4n) is 0.420. The number of nitrogens with one attached hydrogen (secondary N) is 1. The molecule has 0 spiro atoms. The average molecular weight is 174 g/mol. The average Bonchev–Trinajstić information content (AvgIpc) is 2.40. The molecule has 0 atom stereocenters. The van der Waals surface area contributed by atoms with E-state index in [4.69, 9.17) is 18.1 Å². The second kappa shape index (κ2) is 3.55. The first-order valence-corrected chi connectivity index (χ1v) is 3.69. The molecule has 10 heavy (non-hydrogen) atoms.